The average molecular weight is 878 g/mol. The van der Waals surface area contributed by atoms with Crippen molar-refractivity contribution < 1.29 is 73.8 Å². The molecule has 2 aliphatic rings. The third-order valence-electron chi connectivity index (χ3n) is 10.0. The first-order chi connectivity index (χ1) is 29.4. The van der Waals surface area contributed by atoms with Crippen LogP contribution in [0.5, 0.6) is 0 Å². The topological polar surface area (TPSA) is 351 Å². The molecule has 0 spiro atoms. The molecule has 344 valence electrons. The number of carbonyl (C=O) groups is 9. The molecule has 0 aromatic heterocycles. The highest BCUT2D eigenvalue weighted by atomic mass is 16.4. The average Bonchev–Trinajstić information content (AvgIpc) is 3.82. The number of carboxylic acids is 6. The molecule has 0 bridgehead atoms. The molecular weight excluding hydrogens is 818 g/mol. The van der Waals surface area contributed by atoms with Crippen molar-refractivity contribution in [3.63, 3.8) is 0 Å². The van der Waals surface area contributed by atoms with Crippen LogP contribution in [-0.4, -0.2) is 145 Å². The number of allylic oxidation sites excluding steroid dienone is 2. The normalized spacial score (nSPS) is 16.7. The quantitative estimate of drug-likeness (QED) is 0.0412. The Morgan fingerprint density at radius 2 is 1.00 bits per heavy atom. The van der Waals surface area contributed by atoms with E-state index in [2.05, 4.69) is 31.3 Å². The Labute approximate surface area is 358 Å². The van der Waals surface area contributed by atoms with Crippen LogP contribution in [-0.2, 0) is 38.4 Å². The lowest BCUT2D eigenvalue weighted by atomic mass is 9.98. The lowest BCUT2D eigenvalue weighted by Gasteiger charge is -2.26. The van der Waals surface area contributed by atoms with E-state index in [1.165, 1.54) is 0 Å². The number of aliphatic carboxylic acids is 6. The van der Waals surface area contributed by atoms with Crippen molar-refractivity contribution in [3.05, 3.63) is 24.6 Å². The van der Waals surface area contributed by atoms with Crippen molar-refractivity contribution in [1.82, 2.24) is 26.2 Å². The zero-order valence-corrected chi connectivity index (χ0v) is 34.5. The summed E-state index contributed by atoms with van der Waals surface area (Å²) in [7, 11) is 0. The first-order valence-electron chi connectivity index (χ1n) is 20.6. The van der Waals surface area contributed by atoms with Crippen LogP contribution in [0.25, 0.3) is 0 Å². The van der Waals surface area contributed by atoms with Gasteiger partial charge in [0.15, 0.2) is 0 Å². The van der Waals surface area contributed by atoms with E-state index in [0.717, 1.165) is 0 Å². The molecular formula is C40H59N7O15. The number of amides is 4. The molecule has 4 amide bonds. The molecule has 0 radical (unpaired) electrons. The summed E-state index contributed by atoms with van der Waals surface area (Å²) in [4.78, 5) is 116. The van der Waals surface area contributed by atoms with Crippen LogP contribution >= 0.6 is 0 Å². The molecule has 10 N–H and O–H groups in total. The van der Waals surface area contributed by atoms with Crippen LogP contribution in [0.4, 0.5) is 4.79 Å². The van der Waals surface area contributed by atoms with E-state index in [0.29, 0.717) is 82.4 Å². The number of carboxylic acid groups (broad SMARTS) is 6. The standard InChI is InChI=1S/C40H59N7O15/c48-32(43-17-7-5-9-28(38(58)59)45-40(62)46-29(39(60)61)13-14-34(50)51)11-3-1-2-4-12-33(49)44-27(37(56)57)10-6-8-20-47(23-30-25(15-18-41-30)21-35(52)53)24-31-26(16-19-42-31)22-36(54)55/h15-16,18-19,25-29H,1-14,17,20-24H2,(H,43,48)(H,44,49)(H,50,51)(H,52,53)(H,54,55)(H,56,57)(H,58,59)(H,60,61)(H2,45,46,62)/t25?,26?,27-,28-,29-/m0/s1. The van der Waals surface area contributed by atoms with Gasteiger partial charge in [-0.15, -0.1) is 0 Å². The molecule has 2 heterocycles. The van der Waals surface area contributed by atoms with Gasteiger partial charge in [0.2, 0.25) is 11.8 Å². The van der Waals surface area contributed by atoms with Crippen LogP contribution in [0, 0.1) is 11.8 Å². The highest BCUT2D eigenvalue weighted by Gasteiger charge is 2.28. The Kier molecular flexibility index (Phi) is 23.8. The maximum Gasteiger partial charge on any atom is 0.326 e. The van der Waals surface area contributed by atoms with Gasteiger partial charge in [0.25, 0.3) is 0 Å². The summed E-state index contributed by atoms with van der Waals surface area (Å²) in [6.45, 7) is 1.34. The van der Waals surface area contributed by atoms with E-state index in [1.807, 2.05) is 4.90 Å². The van der Waals surface area contributed by atoms with Gasteiger partial charge in [0.05, 0.1) is 12.8 Å². The Bertz CT molecular complexity index is 1660. The second-order valence-corrected chi connectivity index (χ2v) is 15.1. The summed E-state index contributed by atoms with van der Waals surface area (Å²) in [6.07, 6.45) is 9.86. The number of urea groups is 1. The second kappa shape index (κ2) is 28.4. The van der Waals surface area contributed by atoms with Gasteiger partial charge in [0.1, 0.15) is 18.1 Å². The number of nitrogens with one attached hydrogen (secondary N) is 4. The van der Waals surface area contributed by atoms with E-state index >= 15 is 0 Å². The van der Waals surface area contributed by atoms with Crippen LogP contribution in [0.3, 0.4) is 0 Å². The largest absolute Gasteiger partial charge is 0.481 e. The number of hydrogen-bond donors (Lipinski definition) is 10. The number of nitrogens with zero attached hydrogens (tertiary/aromatic N) is 3. The summed E-state index contributed by atoms with van der Waals surface area (Å²) in [5.74, 6) is -8.56. The van der Waals surface area contributed by atoms with Crippen molar-refractivity contribution >= 4 is 65.1 Å². The molecule has 22 heteroatoms. The number of unbranched alkanes of at least 4 members (excludes halogenated alkanes) is 5. The molecule has 0 aromatic carbocycles. The van der Waals surface area contributed by atoms with Crippen molar-refractivity contribution in [3.8, 4) is 0 Å². The van der Waals surface area contributed by atoms with Gasteiger partial charge in [-0.1, -0.05) is 25.0 Å². The highest BCUT2D eigenvalue weighted by molar-refractivity contribution is 5.97. The summed E-state index contributed by atoms with van der Waals surface area (Å²) in [6, 6.07) is -5.03. The first kappa shape index (κ1) is 51.9. The minimum absolute atomic E-state index is 0.00657. The van der Waals surface area contributed by atoms with Gasteiger partial charge >= 0.3 is 41.8 Å². The molecule has 0 saturated heterocycles. The van der Waals surface area contributed by atoms with Gasteiger partial charge in [-0.3, -0.25) is 38.9 Å². The number of rotatable bonds is 34. The predicted octanol–water partition coefficient (Wildman–Crippen LogP) is 1.84. The van der Waals surface area contributed by atoms with Crippen LogP contribution in [0.15, 0.2) is 34.5 Å². The predicted molar refractivity (Wildman–Crippen MR) is 220 cm³/mol. The Hall–Kier alpha value is -6.19. The Morgan fingerprint density at radius 1 is 0.532 bits per heavy atom. The zero-order valence-electron chi connectivity index (χ0n) is 34.5. The smallest absolute Gasteiger partial charge is 0.326 e. The van der Waals surface area contributed by atoms with Crippen molar-refractivity contribution in [2.75, 3.05) is 26.2 Å². The molecule has 22 nitrogen and oxygen atoms in total. The monoisotopic (exact) mass is 877 g/mol. The third-order valence-corrected chi connectivity index (χ3v) is 10.0. The summed E-state index contributed by atoms with van der Waals surface area (Å²) >= 11 is 0. The lowest BCUT2D eigenvalue weighted by Crippen LogP contribution is -2.51. The molecule has 2 rings (SSSR count). The molecule has 0 aliphatic carbocycles. The van der Waals surface area contributed by atoms with Gasteiger partial charge in [0, 0.05) is 74.6 Å². The van der Waals surface area contributed by atoms with Crippen molar-refractivity contribution in [1.29, 1.82) is 0 Å². The Balaban J connectivity index is 1.66. The molecule has 0 fully saturated rings. The minimum atomic E-state index is -1.52. The molecule has 0 saturated carbocycles. The van der Waals surface area contributed by atoms with E-state index < -0.39 is 72.3 Å². The lowest BCUT2D eigenvalue weighted by molar-refractivity contribution is -0.142. The fraction of sp³-hybridized carbons (Fsp3) is 0.625. The van der Waals surface area contributed by atoms with Gasteiger partial charge in [-0.2, -0.15) is 0 Å². The third kappa shape index (κ3) is 21.9. The molecule has 5 atom stereocenters. The number of carbonyl (C=O) groups excluding carboxylic acids is 3. The number of hydrogen-bond acceptors (Lipinski definition) is 12. The van der Waals surface area contributed by atoms with Gasteiger partial charge < -0.3 is 51.9 Å². The maximum absolute atomic E-state index is 12.6. The molecule has 2 aliphatic heterocycles. The molecule has 2 unspecified atom stereocenters. The van der Waals surface area contributed by atoms with Gasteiger partial charge in [-0.25, -0.2) is 19.2 Å². The van der Waals surface area contributed by atoms with E-state index in [4.69, 9.17) is 10.2 Å². The maximum atomic E-state index is 12.6. The molecule has 62 heavy (non-hydrogen) atoms. The van der Waals surface area contributed by atoms with Gasteiger partial charge in [-0.05, 0) is 64.3 Å². The summed E-state index contributed by atoms with van der Waals surface area (Å²) in [5.41, 5.74) is 1.31. The molecule has 0 aromatic rings. The summed E-state index contributed by atoms with van der Waals surface area (Å²) in [5, 5.41) is 65.2. The summed E-state index contributed by atoms with van der Waals surface area (Å²) < 4.78 is 0. The number of aliphatic imine (C=N–C) groups is 2. The second-order valence-electron chi connectivity index (χ2n) is 15.1. The fourth-order valence-corrected chi connectivity index (χ4v) is 6.70. The van der Waals surface area contributed by atoms with E-state index in [9.17, 15) is 63.6 Å². The van der Waals surface area contributed by atoms with Crippen molar-refractivity contribution in [2.45, 2.75) is 121 Å². The van der Waals surface area contributed by atoms with Crippen molar-refractivity contribution in [2.24, 2.45) is 21.8 Å². The Morgan fingerprint density at radius 3 is 1.48 bits per heavy atom. The SMILES string of the molecule is O=C(O)CC[C@H](NC(=O)N[C@@H](CCCCNC(=O)CCCCCCC(=O)N[C@@H](CCCCN(CC1=NC=CC1CC(=O)O)CC1=NC=CC1CC(=O)O)C(=O)O)C(=O)O)C(=O)O. The fourth-order valence-electron chi connectivity index (χ4n) is 6.70. The zero-order chi connectivity index (χ0) is 46.0. The van der Waals surface area contributed by atoms with Crippen LogP contribution < -0.4 is 21.3 Å². The first-order valence-corrected chi connectivity index (χ1v) is 20.6. The van der Waals surface area contributed by atoms with Crippen LogP contribution in [0.1, 0.15) is 103 Å². The van der Waals surface area contributed by atoms with Crippen LogP contribution in [0.2, 0.25) is 0 Å². The van der Waals surface area contributed by atoms with E-state index in [1.54, 1.807) is 24.6 Å². The minimum Gasteiger partial charge on any atom is -0.481 e. The highest BCUT2D eigenvalue weighted by Crippen LogP contribution is 2.20. The van der Waals surface area contributed by atoms with E-state index in [-0.39, 0.29) is 69.2 Å².